The molecule has 1 rings (SSSR count). The first-order chi connectivity index (χ1) is 9.30. The van der Waals surface area contributed by atoms with Crippen molar-refractivity contribution in [2.75, 3.05) is 24.5 Å². The van der Waals surface area contributed by atoms with Crippen LogP contribution in [0.5, 0.6) is 0 Å². The first kappa shape index (κ1) is 16.4. The highest BCUT2D eigenvalue weighted by molar-refractivity contribution is 5.63. The lowest BCUT2D eigenvalue weighted by Crippen LogP contribution is -2.39. The van der Waals surface area contributed by atoms with Gasteiger partial charge in [0.15, 0.2) is 0 Å². The maximum Gasteiger partial charge on any atom is 0.292 e. The zero-order chi connectivity index (χ0) is 15.3. The van der Waals surface area contributed by atoms with E-state index >= 15 is 0 Å². The van der Waals surface area contributed by atoms with Crippen molar-refractivity contribution in [3.63, 3.8) is 0 Å². The fourth-order valence-corrected chi connectivity index (χ4v) is 2.04. The van der Waals surface area contributed by atoms with Crippen molar-refractivity contribution in [2.45, 2.75) is 27.2 Å². The predicted octanol–water partition coefficient (Wildman–Crippen LogP) is 2.94. The standard InChI is InChI=1S/C14H22FN3O2/c1-4-7-17(10-14(2,3)9-16)13-8-11(15)5-6-12(13)18(19)20/h5-6,8H,4,7,9-10,16H2,1-3H3. The molecule has 1 aromatic rings. The molecule has 0 spiro atoms. The predicted molar refractivity (Wildman–Crippen MR) is 78.4 cm³/mol. The molecule has 0 radical (unpaired) electrons. The van der Waals surface area contributed by atoms with Gasteiger partial charge in [-0.1, -0.05) is 20.8 Å². The SMILES string of the molecule is CCCN(CC(C)(C)CN)c1cc(F)ccc1[N+](=O)[O-]. The van der Waals surface area contributed by atoms with Crippen LogP contribution >= 0.6 is 0 Å². The molecular formula is C14H22FN3O2. The van der Waals surface area contributed by atoms with E-state index in [1.54, 1.807) is 0 Å². The molecule has 0 unspecified atom stereocenters. The largest absolute Gasteiger partial charge is 0.365 e. The summed E-state index contributed by atoms with van der Waals surface area (Å²) in [6, 6.07) is 3.54. The zero-order valence-electron chi connectivity index (χ0n) is 12.2. The highest BCUT2D eigenvalue weighted by Gasteiger charge is 2.25. The molecule has 2 N–H and O–H groups in total. The molecule has 1 aromatic carbocycles. The highest BCUT2D eigenvalue weighted by Crippen LogP contribution is 2.31. The number of hydrogen-bond acceptors (Lipinski definition) is 4. The summed E-state index contributed by atoms with van der Waals surface area (Å²) in [5, 5.41) is 11.1. The van der Waals surface area contributed by atoms with Gasteiger partial charge in [-0.05, 0) is 24.4 Å². The first-order valence-corrected chi connectivity index (χ1v) is 6.69. The van der Waals surface area contributed by atoms with E-state index < -0.39 is 10.7 Å². The quantitative estimate of drug-likeness (QED) is 0.617. The maximum absolute atomic E-state index is 13.5. The van der Waals surface area contributed by atoms with Crippen LogP contribution in [0.1, 0.15) is 27.2 Å². The lowest BCUT2D eigenvalue weighted by atomic mass is 9.92. The number of benzene rings is 1. The van der Waals surface area contributed by atoms with Crippen LogP contribution < -0.4 is 10.6 Å². The van der Waals surface area contributed by atoms with E-state index in [2.05, 4.69) is 0 Å². The normalized spacial score (nSPS) is 11.4. The van der Waals surface area contributed by atoms with Crippen molar-refractivity contribution in [3.8, 4) is 0 Å². The maximum atomic E-state index is 13.5. The van der Waals surface area contributed by atoms with E-state index in [4.69, 9.17) is 5.73 Å². The topological polar surface area (TPSA) is 72.4 Å². The Morgan fingerprint density at radius 1 is 1.45 bits per heavy atom. The minimum atomic E-state index is -0.479. The van der Waals surface area contributed by atoms with Crippen molar-refractivity contribution >= 4 is 11.4 Å². The van der Waals surface area contributed by atoms with Gasteiger partial charge < -0.3 is 10.6 Å². The summed E-state index contributed by atoms with van der Waals surface area (Å²) in [6.45, 7) is 7.57. The van der Waals surface area contributed by atoms with Gasteiger partial charge in [0.1, 0.15) is 11.5 Å². The third kappa shape index (κ3) is 4.16. The molecular weight excluding hydrogens is 261 g/mol. The van der Waals surface area contributed by atoms with Crippen LogP contribution in [-0.2, 0) is 0 Å². The van der Waals surface area contributed by atoms with E-state index in [0.717, 1.165) is 12.5 Å². The van der Waals surface area contributed by atoms with E-state index in [1.165, 1.54) is 12.1 Å². The van der Waals surface area contributed by atoms with E-state index in [9.17, 15) is 14.5 Å². The number of halogens is 1. The summed E-state index contributed by atoms with van der Waals surface area (Å²) in [5.41, 5.74) is 5.76. The molecule has 112 valence electrons. The van der Waals surface area contributed by atoms with Crippen LogP contribution in [0.3, 0.4) is 0 Å². The molecule has 6 heteroatoms. The summed E-state index contributed by atoms with van der Waals surface area (Å²) < 4.78 is 13.5. The number of hydrogen-bond donors (Lipinski definition) is 1. The Hall–Kier alpha value is -1.69. The smallest absolute Gasteiger partial charge is 0.292 e. The second-order valence-corrected chi connectivity index (χ2v) is 5.68. The van der Waals surface area contributed by atoms with Crippen molar-refractivity contribution in [3.05, 3.63) is 34.1 Å². The van der Waals surface area contributed by atoms with E-state index in [0.29, 0.717) is 25.3 Å². The first-order valence-electron chi connectivity index (χ1n) is 6.69. The summed E-state index contributed by atoms with van der Waals surface area (Å²) in [4.78, 5) is 12.5. The third-order valence-corrected chi connectivity index (χ3v) is 3.14. The number of rotatable bonds is 7. The van der Waals surface area contributed by atoms with Gasteiger partial charge in [-0.25, -0.2) is 4.39 Å². The molecule has 0 aliphatic carbocycles. The number of nitrogens with zero attached hydrogens (tertiary/aromatic N) is 2. The second-order valence-electron chi connectivity index (χ2n) is 5.68. The van der Waals surface area contributed by atoms with Crippen LogP contribution in [0, 0.1) is 21.3 Å². The molecule has 0 saturated heterocycles. The van der Waals surface area contributed by atoms with Crippen molar-refractivity contribution in [1.29, 1.82) is 0 Å². The summed E-state index contributed by atoms with van der Waals surface area (Å²) in [5.74, 6) is -0.475. The average molecular weight is 283 g/mol. The molecule has 0 atom stereocenters. The number of anilines is 1. The van der Waals surface area contributed by atoms with E-state index in [-0.39, 0.29) is 11.1 Å². The molecule has 5 nitrogen and oxygen atoms in total. The summed E-state index contributed by atoms with van der Waals surface area (Å²) in [7, 11) is 0. The number of nitro groups is 1. The lowest BCUT2D eigenvalue weighted by molar-refractivity contribution is -0.384. The van der Waals surface area contributed by atoms with Gasteiger partial charge in [-0.2, -0.15) is 0 Å². The third-order valence-electron chi connectivity index (χ3n) is 3.14. The molecule has 0 saturated carbocycles. The van der Waals surface area contributed by atoms with Crippen molar-refractivity contribution in [1.82, 2.24) is 0 Å². The fourth-order valence-electron chi connectivity index (χ4n) is 2.04. The van der Waals surface area contributed by atoms with Gasteiger partial charge >= 0.3 is 0 Å². The highest BCUT2D eigenvalue weighted by atomic mass is 19.1. The number of nitrogens with two attached hydrogens (primary N) is 1. The minimum Gasteiger partial charge on any atom is -0.365 e. The van der Waals surface area contributed by atoms with Gasteiger partial charge in [0, 0.05) is 25.2 Å². The lowest BCUT2D eigenvalue weighted by Gasteiger charge is -2.33. The zero-order valence-corrected chi connectivity index (χ0v) is 12.2. The Balaban J connectivity index is 3.20. The molecule has 0 aromatic heterocycles. The van der Waals surface area contributed by atoms with Crippen LogP contribution in [-0.4, -0.2) is 24.6 Å². The van der Waals surface area contributed by atoms with Gasteiger partial charge in [-0.3, -0.25) is 10.1 Å². The van der Waals surface area contributed by atoms with Gasteiger partial charge in [0.25, 0.3) is 5.69 Å². The van der Waals surface area contributed by atoms with Crippen LogP contribution in [0.15, 0.2) is 18.2 Å². The van der Waals surface area contributed by atoms with Crippen LogP contribution in [0.25, 0.3) is 0 Å². The molecule has 0 heterocycles. The van der Waals surface area contributed by atoms with Crippen LogP contribution in [0.2, 0.25) is 0 Å². The average Bonchev–Trinajstić information content (AvgIpc) is 2.37. The monoisotopic (exact) mass is 283 g/mol. The van der Waals surface area contributed by atoms with Gasteiger partial charge in [-0.15, -0.1) is 0 Å². The molecule has 0 bridgehead atoms. The van der Waals surface area contributed by atoms with Crippen LogP contribution in [0.4, 0.5) is 15.8 Å². The Kier molecular flexibility index (Phi) is 5.44. The van der Waals surface area contributed by atoms with Gasteiger partial charge in [0.2, 0.25) is 0 Å². The Labute approximate surface area is 118 Å². The second kappa shape index (κ2) is 6.65. The molecule has 0 aliphatic rings. The number of nitro benzene ring substituents is 1. The Bertz CT molecular complexity index is 477. The summed E-state index contributed by atoms with van der Waals surface area (Å²) in [6.07, 6.45) is 0.814. The Morgan fingerprint density at radius 3 is 2.60 bits per heavy atom. The minimum absolute atomic E-state index is 0.0762. The van der Waals surface area contributed by atoms with Crippen molar-refractivity contribution < 1.29 is 9.31 Å². The molecule has 0 amide bonds. The van der Waals surface area contributed by atoms with E-state index in [1.807, 2.05) is 25.7 Å². The Morgan fingerprint density at radius 2 is 2.10 bits per heavy atom. The van der Waals surface area contributed by atoms with Gasteiger partial charge in [0.05, 0.1) is 4.92 Å². The fraction of sp³-hybridized carbons (Fsp3) is 0.571. The molecule has 20 heavy (non-hydrogen) atoms. The summed E-state index contributed by atoms with van der Waals surface area (Å²) >= 11 is 0. The molecule has 0 fully saturated rings. The van der Waals surface area contributed by atoms with Crippen molar-refractivity contribution in [2.24, 2.45) is 11.1 Å². The molecule has 0 aliphatic heterocycles.